The number of carbonyl (C=O) groups excluding carboxylic acids is 1. The molecule has 1 aromatic carbocycles. The summed E-state index contributed by atoms with van der Waals surface area (Å²) in [4.78, 5) is 11.3. The third kappa shape index (κ3) is 2.34. The molecule has 2 N–H and O–H groups in total. The van der Waals surface area contributed by atoms with Gasteiger partial charge in [0.2, 0.25) is 15.9 Å². The molecule has 0 aliphatic carbocycles. The predicted octanol–water partition coefficient (Wildman–Crippen LogP) is 0.980. The molecule has 8 heteroatoms. The normalized spacial score (nSPS) is 20.8. The van der Waals surface area contributed by atoms with Gasteiger partial charge in [-0.15, -0.1) is 0 Å². The van der Waals surface area contributed by atoms with Crippen molar-refractivity contribution in [3.05, 3.63) is 22.7 Å². The summed E-state index contributed by atoms with van der Waals surface area (Å²) >= 11 is 6.05. The number of benzene rings is 1. The quantitative estimate of drug-likeness (QED) is 0.865. The number of nitrogens with one attached hydrogen (secondary N) is 1. The van der Waals surface area contributed by atoms with Crippen molar-refractivity contribution in [2.45, 2.75) is 30.3 Å². The summed E-state index contributed by atoms with van der Waals surface area (Å²) in [7, 11) is -3.75. The molecule has 0 saturated carbocycles. The average Bonchev–Trinajstić information content (AvgIpc) is 2.72. The van der Waals surface area contributed by atoms with E-state index in [1.807, 2.05) is 6.92 Å². The van der Waals surface area contributed by atoms with Crippen LogP contribution >= 0.6 is 11.6 Å². The summed E-state index contributed by atoms with van der Waals surface area (Å²) in [6.45, 7) is 1.94. The third-order valence-corrected chi connectivity index (χ3v) is 6.26. The Bertz CT molecular complexity index is 726. The van der Waals surface area contributed by atoms with E-state index in [0.29, 0.717) is 17.7 Å². The van der Waals surface area contributed by atoms with Crippen molar-refractivity contribution in [1.82, 2.24) is 4.31 Å². The number of hydrogen-bond donors (Lipinski definition) is 2. The van der Waals surface area contributed by atoms with Gasteiger partial charge in [-0.2, -0.15) is 4.31 Å². The van der Waals surface area contributed by atoms with Crippen LogP contribution in [0, 0.1) is 0 Å². The van der Waals surface area contributed by atoms with Crippen LogP contribution in [0.4, 0.5) is 5.69 Å². The number of sulfonamides is 1. The lowest BCUT2D eigenvalue weighted by atomic mass is 9.94. The highest BCUT2D eigenvalue weighted by atomic mass is 35.5. The maximum absolute atomic E-state index is 12.5. The van der Waals surface area contributed by atoms with Crippen LogP contribution in [-0.4, -0.2) is 42.4 Å². The van der Waals surface area contributed by atoms with Crippen LogP contribution in [0.25, 0.3) is 0 Å². The van der Waals surface area contributed by atoms with Gasteiger partial charge in [0.05, 0.1) is 17.0 Å². The maximum Gasteiger partial charge on any atom is 0.244 e. The second-order valence-corrected chi connectivity index (χ2v) is 7.83. The Kier molecular flexibility index (Phi) is 3.29. The first-order chi connectivity index (χ1) is 9.75. The molecule has 2 heterocycles. The monoisotopic (exact) mass is 330 g/mol. The summed E-state index contributed by atoms with van der Waals surface area (Å²) in [5.74, 6) is -0.181. The molecule has 0 spiro atoms. The number of carbonyl (C=O) groups is 1. The zero-order valence-electron chi connectivity index (χ0n) is 11.4. The van der Waals surface area contributed by atoms with Crippen LogP contribution in [0.3, 0.4) is 0 Å². The molecule has 2 aliphatic rings. The molecule has 1 aromatic rings. The molecule has 1 fully saturated rings. The molecule has 1 amide bonds. The van der Waals surface area contributed by atoms with Gasteiger partial charge in [-0.1, -0.05) is 18.5 Å². The first-order valence-corrected chi connectivity index (χ1v) is 8.42. The number of rotatable bonds is 3. The molecule has 3 rings (SSSR count). The molecule has 0 aromatic heterocycles. The summed E-state index contributed by atoms with van der Waals surface area (Å²) < 4.78 is 26.3. The fourth-order valence-corrected chi connectivity index (χ4v) is 4.72. The first kappa shape index (κ1) is 14.8. The molecule has 0 atom stereocenters. The van der Waals surface area contributed by atoms with E-state index in [4.69, 9.17) is 11.6 Å². The number of nitrogens with zero attached hydrogens (tertiary/aromatic N) is 1. The molecule has 21 heavy (non-hydrogen) atoms. The van der Waals surface area contributed by atoms with E-state index in [9.17, 15) is 18.3 Å². The van der Waals surface area contributed by atoms with Gasteiger partial charge in [0.25, 0.3) is 0 Å². The van der Waals surface area contributed by atoms with Crippen LogP contribution in [0.15, 0.2) is 17.0 Å². The molecule has 114 valence electrons. The zero-order chi connectivity index (χ0) is 15.4. The average molecular weight is 331 g/mol. The predicted molar refractivity (Wildman–Crippen MR) is 77.8 cm³/mol. The molecule has 0 unspecified atom stereocenters. The second kappa shape index (κ2) is 4.67. The van der Waals surface area contributed by atoms with Gasteiger partial charge in [-0.25, -0.2) is 8.42 Å². The van der Waals surface area contributed by atoms with Gasteiger partial charge >= 0.3 is 0 Å². The highest BCUT2D eigenvalue weighted by Gasteiger charge is 2.46. The number of fused-ring (bicyclic) bond motifs is 1. The molecular formula is C13H15ClN2O4S. The lowest BCUT2D eigenvalue weighted by molar-refractivity contribution is -0.115. The third-order valence-electron chi connectivity index (χ3n) is 4.00. The van der Waals surface area contributed by atoms with Crippen molar-refractivity contribution in [1.29, 1.82) is 0 Å². The van der Waals surface area contributed by atoms with Gasteiger partial charge in [0.1, 0.15) is 4.90 Å². The van der Waals surface area contributed by atoms with Crippen molar-refractivity contribution in [2.24, 2.45) is 0 Å². The molecule has 1 saturated heterocycles. The van der Waals surface area contributed by atoms with Crippen LogP contribution in [0.2, 0.25) is 5.02 Å². The Morgan fingerprint density at radius 1 is 1.43 bits per heavy atom. The minimum atomic E-state index is -3.75. The number of anilines is 1. The minimum absolute atomic E-state index is 0.0161. The van der Waals surface area contributed by atoms with Crippen LogP contribution in [0.5, 0.6) is 0 Å². The number of aliphatic hydroxyl groups is 1. The fourth-order valence-electron chi connectivity index (χ4n) is 2.57. The van der Waals surface area contributed by atoms with Crippen LogP contribution in [-0.2, 0) is 21.2 Å². The van der Waals surface area contributed by atoms with Gasteiger partial charge < -0.3 is 10.4 Å². The largest absolute Gasteiger partial charge is 0.387 e. The van der Waals surface area contributed by atoms with Gasteiger partial charge in [0.15, 0.2) is 0 Å². The van der Waals surface area contributed by atoms with E-state index in [1.165, 1.54) is 16.4 Å². The van der Waals surface area contributed by atoms with Crippen molar-refractivity contribution in [2.75, 3.05) is 18.4 Å². The van der Waals surface area contributed by atoms with E-state index < -0.39 is 15.6 Å². The van der Waals surface area contributed by atoms with Gasteiger partial charge in [-0.05, 0) is 24.1 Å². The SMILES string of the molecule is CCC1(O)CN(S(=O)(=O)c2cc3c(cc2Cl)NC(=O)C3)C1. The number of halogens is 1. The smallest absolute Gasteiger partial charge is 0.244 e. The number of β-amino-alcohol motifs (C(OH)–C–C–N with tert-alkyl or cyclic N) is 1. The first-order valence-electron chi connectivity index (χ1n) is 6.60. The number of hydrogen-bond acceptors (Lipinski definition) is 4. The van der Waals surface area contributed by atoms with E-state index in [0.717, 1.165) is 0 Å². The van der Waals surface area contributed by atoms with Crippen LogP contribution in [0.1, 0.15) is 18.9 Å². The minimum Gasteiger partial charge on any atom is -0.387 e. The fraction of sp³-hybridized carbons (Fsp3) is 0.462. The van der Waals surface area contributed by atoms with E-state index >= 15 is 0 Å². The standard InChI is InChI=1S/C13H15ClN2O4S/c1-2-13(18)6-16(7-13)21(19,20)11-3-8-4-12(17)15-10(8)5-9(11)14/h3,5,18H,2,4,6-7H2,1H3,(H,15,17). The van der Waals surface area contributed by atoms with Crippen molar-refractivity contribution in [3.63, 3.8) is 0 Å². The van der Waals surface area contributed by atoms with Crippen molar-refractivity contribution < 1.29 is 18.3 Å². The van der Waals surface area contributed by atoms with Crippen molar-refractivity contribution >= 4 is 33.2 Å². The zero-order valence-corrected chi connectivity index (χ0v) is 13.0. The Hall–Kier alpha value is -1.15. The summed E-state index contributed by atoms with van der Waals surface area (Å²) in [6, 6.07) is 2.90. The lowest BCUT2D eigenvalue weighted by Gasteiger charge is -2.44. The Labute approximate surface area is 127 Å². The summed E-state index contributed by atoms with van der Waals surface area (Å²) in [5.41, 5.74) is 0.222. The van der Waals surface area contributed by atoms with Gasteiger partial charge in [0, 0.05) is 18.8 Å². The Morgan fingerprint density at radius 2 is 2.10 bits per heavy atom. The molecule has 0 bridgehead atoms. The van der Waals surface area contributed by atoms with E-state index in [1.54, 1.807) is 0 Å². The van der Waals surface area contributed by atoms with E-state index in [2.05, 4.69) is 5.32 Å². The Morgan fingerprint density at radius 3 is 2.71 bits per heavy atom. The lowest BCUT2D eigenvalue weighted by Crippen LogP contribution is -2.62. The topological polar surface area (TPSA) is 86.7 Å². The second-order valence-electron chi connectivity index (χ2n) is 5.52. The molecular weight excluding hydrogens is 316 g/mol. The van der Waals surface area contributed by atoms with Gasteiger partial charge in [-0.3, -0.25) is 4.79 Å². The number of amides is 1. The van der Waals surface area contributed by atoms with Crippen molar-refractivity contribution in [3.8, 4) is 0 Å². The van der Waals surface area contributed by atoms with E-state index in [-0.39, 0.29) is 35.3 Å². The highest BCUT2D eigenvalue weighted by molar-refractivity contribution is 7.89. The maximum atomic E-state index is 12.5. The Balaban J connectivity index is 1.94. The molecule has 6 nitrogen and oxygen atoms in total. The molecule has 0 radical (unpaired) electrons. The highest BCUT2D eigenvalue weighted by Crippen LogP contribution is 2.36. The van der Waals surface area contributed by atoms with Crippen LogP contribution < -0.4 is 5.32 Å². The molecule has 2 aliphatic heterocycles. The summed E-state index contributed by atoms with van der Waals surface area (Å²) in [5, 5.41) is 12.7. The summed E-state index contributed by atoms with van der Waals surface area (Å²) in [6.07, 6.45) is 0.642.